The fraction of sp³-hybridized carbons (Fsp3) is 0.750. The molecule has 63 heavy (non-hydrogen) atoms. The van der Waals surface area contributed by atoms with Crippen molar-refractivity contribution in [2.45, 2.75) is 175 Å². The van der Waals surface area contributed by atoms with Crippen molar-refractivity contribution < 1.29 is 58.9 Å². The number of carboxylic acid groups (broad SMARTS) is 1. The highest BCUT2D eigenvalue weighted by atomic mass is 16.7. The highest BCUT2D eigenvalue weighted by Crippen LogP contribution is 2.49. The Balaban J connectivity index is 1.66. The Morgan fingerprint density at radius 3 is 2.21 bits per heavy atom. The van der Waals surface area contributed by atoms with Crippen LogP contribution in [0, 0.1) is 53.3 Å². The average Bonchev–Trinajstić information content (AvgIpc) is 3.77. The van der Waals surface area contributed by atoms with E-state index in [0.29, 0.717) is 25.7 Å². The lowest BCUT2D eigenvalue weighted by Crippen LogP contribution is -2.62. The molecule has 1 aromatic rings. The molecule has 18 atom stereocenters. The summed E-state index contributed by atoms with van der Waals surface area (Å²) in [6.07, 6.45) is 11.0. The number of carbonyl (C=O) groups excluding carboxylic acids is 3. The summed E-state index contributed by atoms with van der Waals surface area (Å²) in [5, 5.41) is 62.2. The van der Waals surface area contributed by atoms with Crippen molar-refractivity contribution >= 4 is 23.5 Å². The molecule has 0 unspecified atom stereocenters. The van der Waals surface area contributed by atoms with Crippen molar-refractivity contribution in [2.24, 2.45) is 53.3 Å². The molecule has 1 spiro atoms. The minimum atomic E-state index is -2.20. The van der Waals surface area contributed by atoms with E-state index in [1.807, 2.05) is 39.0 Å². The number of aliphatic hydroxyl groups excluding tert-OH is 3. The lowest BCUT2D eigenvalue weighted by atomic mass is 9.74. The molecule has 0 saturated carbocycles. The molecule has 2 bridgehead atoms. The number of esters is 1. The second-order valence-corrected chi connectivity index (χ2v) is 19.4. The maximum atomic E-state index is 13.7. The van der Waals surface area contributed by atoms with Crippen LogP contribution in [0.15, 0.2) is 42.7 Å². The van der Waals surface area contributed by atoms with Crippen LogP contribution in [0.4, 0.5) is 0 Å². The summed E-state index contributed by atoms with van der Waals surface area (Å²) >= 11 is 0. The number of aliphatic hydroxyl groups is 4. The van der Waals surface area contributed by atoms with Crippen molar-refractivity contribution in [3.63, 3.8) is 0 Å². The second kappa shape index (κ2) is 22.1. The molecule has 1 aromatic heterocycles. The van der Waals surface area contributed by atoms with Crippen LogP contribution in [-0.4, -0.2) is 112 Å². The normalized spacial score (nSPS) is 42.8. The first-order chi connectivity index (χ1) is 29.5. The first-order valence-electron chi connectivity index (χ1n) is 23.0. The van der Waals surface area contributed by atoms with Crippen LogP contribution < -0.4 is 0 Å². The summed E-state index contributed by atoms with van der Waals surface area (Å²) in [4.78, 5) is 52.4. The second-order valence-electron chi connectivity index (χ2n) is 19.4. The zero-order valence-corrected chi connectivity index (χ0v) is 39.2. The number of nitrogens with zero attached hydrogens (tertiary/aromatic N) is 3. The lowest BCUT2D eigenvalue weighted by Gasteiger charge is -2.55. The maximum Gasteiger partial charge on any atom is 0.358 e. The monoisotopic (exact) mass is 886 g/mol. The Labute approximate surface area is 373 Å². The van der Waals surface area contributed by atoms with Crippen molar-refractivity contribution in [3.05, 3.63) is 48.3 Å². The number of ether oxygens (including phenoxy) is 3. The van der Waals surface area contributed by atoms with E-state index in [1.165, 1.54) is 50.7 Å². The van der Waals surface area contributed by atoms with Gasteiger partial charge in [0.05, 0.1) is 42.8 Å². The van der Waals surface area contributed by atoms with Crippen molar-refractivity contribution in [2.75, 3.05) is 0 Å². The van der Waals surface area contributed by atoms with E-state index >= 15 is 0 Å². The van der Waals surface area contributed by atoms with E-state index in [9.17, 15) is 44.7 Å². The topological polar surface area (TPSA) is 228 Å². The number of rotatable bonds is 5. The summed E-state index contributed by atoms with van der Waals surface area (Å²) in [5.74, 6) is -8.96. The standard InChI is InChI=1S/C48H75N3O12/c1-12-35-17-15-13-14-16-28(4)44(56)47(11,60)45(57)33(9)42(55)32(8)41(54)31(7)40(53)27(3)18-21-39(52)61-43-30(6)37(20-19-35)62-48(34(43)10)23-22-26(2)38(63-48)24-29(5)51-25-36(46(58)59)49-50-51/h13-15,17-18,21,25-35,37-38,40,42-44,53,55-56,60H,12,16,19-20,22-24H2,1-11H3,(H,58,59)/b14-13+,17-15+,21-18+/t26-,27-,28+,29-,30+,31-,32-,33-,34-,35-,37-,38-,40+,42+,43+,44-,47+,48-/m0/s1. The van der Waals surface area contributed by atoms with E-state index < -0.39 is 88.9 Å². The number of carboxylic acids is 1. The molecule has 0 amide bonds. The highest BCUT2D eigenvalue weighted by Gasteiger charge is 2.56. The number of Topliss-reactive ketones (excluding diaryl/α,β-unsaturated/α-hetero) is 2. The van der Waals surface area contributed by atoms with Gasteiger partial charge in [0, 0.05) is 48.0 Å². The van der Waals surface area contributed by atoms with Gasteiger partial charge in [-0.15, -0.1) is 5.10 Å². The van der Waals surface area contributed by atoms with Gasteiger partial charge in [0.15, 0.2) is 17.3 Å². The van der Waals surface area contributed by atoms with Gasteiger partial charge in [-0.3, -0.25) is 9.59 Å². The van der Waals surface area contributed by atoms with Crippen LogP contribution in [0.2, 0.25) is 0 Å². The number of aromatic nitrogens is 3. The third-order valence-electron chi connectivity index (χ3n) is 14.6. The Bertz CT molecular complexity index is 1810. The number of hydrogen-bond acceptors (Lipinski definition) is 13. The molecule has 5 N–H and O–H groups in total. The molecule has 0 radical (unpaired) electrons. The first kappa shape index (κ1) is 52.0. The van der Waals surface area contributed by atoms with Crippen molar-refractivity contribution in [1.29, 1.82) is 0 Å². The van der Waals surface area contributed by atoms with Crippen molar-refractivity contribution in [1.82, 2.24) is 15.0 Å². The number of allylic oxidation sites excluding steroid dienone is 4. The zero-order valence-electron chi connectivity index (χ0n) is 39.2. The summed E-state index contributed by atoms with van der Waals surface area (Å²) in [5.41, 5.74) is -2.35. The SMILES string of the molecule is CC[C@H]1/C=C/C=C/C[C@@H](C)[C@H](O)[C@@](C)(O)C(=O)[C@@H](C)[C@H](O)[C@@H](C)C(=O)[C@@H](C)[C@H](O)[C@@H](C)/C=C/C(=O)O[C@@H]2[C@H](C)[C@H](CC1)O[C@]1(CC[C@H](C)[C@H](C[C@H](C)n3cc(C(=O)O)nn3)O1)[C@H]2C. The fourth-order valence-corrected chi connectivity index (χ4v) is 9.71. The Morgan fingerprint density at radius 1 is 0.905 bits per heavy atom. The number of carbonyl (C=O) groups is 4. The predicted octanol–water partition coefficient (Wildman–Crippen LogP) is 6.05. The van der Waals surface area contributed by atoms with Gasteiger partial charge < -0.3 is 39.7 Å². The Kier molecular flexibility index (Phi) is 18.2. The molecule has 15 heteroatoms. The van der Waals surface area contributed by atoms with Crippen LogP contribution in [-0.2, 0) is 28.6 Å². The lowest BCUT2D eigenvalue weighted by molar-refractivity contribution is -0.370. The van der Waals surface area contributed by atoms with Gasteiger partial charge in [-0.05, 0) is 70.1 Å². The van der Waals surface area contributed by atoms with Crippen LogP contribution in [0.3, 0.4) is 0 Å². The molecular weight excluding hydrogens is 811 g/mol. The van der Waals surface area contributed by atoms with E-state index in [-0.39, 0.29) is 47.6 Å². The van der Waals surface area contributed by atoms with E-state index in [0.717, 1.165) is 19.3 Å². The molecule has 354 valence electrons. The molecule has 3 aliphatic heterocycles. The van der Waals surface area contributed by atoms with Crippen LogP contribution in [0.5, 0.6) is 0 Å². The van der Waals surface area contributed by atoms with E-state index in [4.69, 9.17) is 14.2 Å². The van der Waals surface area contributed by atoms with E-state index in [2.05, 4.69) is 30.2 Å². The van der Waals surface area contributed by atoms with Gasteiger partial charge in [0.1, 0.15) is 17.5 Å². The molecule has 15 nitrogen and oxygen atoms in total. The molecule has 4 heterocycles. The summed E-state index contributed by atoms with van der Waals surface area (Å²) in [6.45, 7) is 19.2. The quantitative estimate of drug-likeness (QED) is 0.212. The van der Waals surface area contributed by atoms with Gasteiger partial charge in [0.25, 0.3) is 0 Å². The largest absolute Gasteiger partial charge is 0.476 e. The van der Waals surface area contributed by atoms with Crippen LogP contribution in [0.1, 0.15) is 138 Å². The smallest absolute Gasteiger partial charge is 0.358 e. The summed E-state index contributed by atoms with van der Waals surface area (Å²) in [6, 6.07) is -0.233. The zero-order chi connectivity index (χ0) is 47.1. The minimum absolute atomic E-state index is 0.141. The first-order valence-corrected chi connectivity index (χ1v) is 23.0. The van der Waals surface area contributed by atoms with Gasteiger partial charge >= 0.3 is 11.9 Å². The molecular formula is C48H75N3O12. The maximum absolute atomic E-state index is 13.7. The molecule has 0 aliphatic carbocycles. The molecule has 3 aliphatic rings. The molecule has 2 fully saturated rings. The average molecular weight is 886 g/mol. The number of ketones is 2. The van der Waals surface area contributed by atoms with E-state index in [1.54, 1.807) is 13.8 Å². The van der Waals surface area contributed by atoms with Gasteiger partial charge in [-0.2, -0.15) is 0 Å². The molecule has 2 saturated heterocycles. The Morgan fingerprint density at radius 2 is 1.57 bits per heavy atom. The van der Waals surface area contributed by atoms with Gasteiger partial charge in [-0.1, -0.05) is 97.9 Å². The summed E-state index contributed by atoms with van der Waals surface area (Å²) < 4.78 is 21.9. The third-order valence-corrected chi connectivity index (χ3v) is 14.6. The number of aromatic carboxylic acids is 1. The Hall–Kier alpha value is -3.60. The fourth-order valence-electron chi connectivity index (χ4n) is 9.71. The summed E-state index contributed by atoms with van der Waals surface area (Å²) in [7, 11) is 0. The van der Waals surface area contributed by atoms with Gasteiger partial charge in [0.2, 0.25) is 0 Å². The third kappa shape index (κ3) is 12.2. The molecule has 4 rings (SSSR count). The number of hydrogen-bond donors (Lipinski definition) is 5. The minimum Gasteiger partial charge on any atom is -0.476 e. The highest BCUT2D eigenvalue weighted by molar-refractivity contribution is 5.91. The van der Waals surface area contributed by atoms with Gasteiger partial charge in [-0.25, -0.2) is 14.3 Å². The van der Waals surface area contributed by atoms with Crippen LogP contribution in [0.25, 0.3) is 0 Å². The van der Waals surface area contributed by atoms with Crippen LogP contribution >= 0.6 is 0 Å². The molecule has 0 aromatic carbocycles. The van der Waals surface area contributed by atoms with Crippen molar-refractivity contribution in [3.8, 4) is 0 Å². The number of fused-ring (bicyclic) bond motifs is 2. The predicted molar refractivity (Wildman–Crippen MR) is 235 cm³/mol.